The van der Waals surface area contributed by atoms with Crippen molar-refractivity contribution in [2.45, 2.75) is 70.4 Å². The van der Waals surface area contributed by atoms with Crippen molar-refractivity contribution in [1.29, 1.82) is 0 Å². The fourth-order valence-electron chi connectivity index (χ4n) is 6.34. The highest BCUT2D eigenvalue weighted by atomic mass is 16.5. The summed E-state index contributed by atoms with van der Waals surface area (Å²) in [4.78, 5) is 19.6. The molecule has 3 aliphatic rings. The molecule has 166 valence electrons. The Labute approximate surface area is 189 Å². The summed E-state index contributed by atoms with van der Waals surface area (Å²) in [6.45, 7) is 2.09. The molecule has 2 fully saturated rings. The van der Waals surface area contributed by atoms with Gasteiger partial charge in [-0.25, -0.2) is 9.78 Å². The van der Waals surface area contributed by atoms with Gasteiger partial charge in [-0.1, -0.05) is 36.8 Å². The van der Waals surface area contributed by atoms with E-state index in [1.54, 1.807) is 4.90 Å². The first kappa shape index (κ1) is 19.8. The number of carbonyl (C=O) groups is 1. The van der Waals surface area contributed by atoms with Gasteiger partial charge in [0.15, 0.2) is 0 Å². The van der Waals surface area contributed by atoms with Gasteiger partial charge < -0.3 is 9.30 Å². The number of ether oxygens (including phenoxy) is 1. The van der Waals surface area contributed by atoms with Crippen LogP contribution >= 0.6 is 0 Å². The molecule has 2 aliphatic carbocycles. The van der Waals surface area contributed by atoms with E-state index in [-0.39, 0.29) is 12.1 Å². The fourth-order valence-corrected chi connectivity index (χ4v) is 6.34. The summed E-state index contributed by atoms with van der Waals surface area (Å²) < 4.78 is 7.64. The average Bonchev–Trinajstić information content (AvgIpc) is 3.10. The Bertz CT molecular complexity index is 1170. The number of aromatic nitrogens is 2. The summed E-state index contributed by atoms with van der Waals surface area (Å²) in [5, 5.41) is 0. The lowest BCUT2D eigenvalue weighted by Crippen LogP contribution is -2.44. The van der Waals surface area contributed by atoms with Crippen LogP contribution in [-0.4, -0.2) is 28.8 Å². The molecule has 1 spiro atoms. The van der Waals surface area contributed by atoms with E-state index in [1.807, 2.05) is 0 Å². The van der Waals surface area contributed by atoms with Gasteiger partial charge in [-0.2, -0.15) is 0 Å². The van der Waals surface area contributed by atoms with Gasteiger partial charge in [-0.05, 0) is 68.6 Å². The SMILES string of the molecule is COC(=O)N1c2ccc3c(nc(Cc4ccccc4)n3C3CC4(CCC4)C3)c2CCC1C. The molecule has 6 rings (SSSR count). The van der Waals surface area contributed by atoms with Crippen LogP contribution < -0.4 is 4.90 Å². The number of amides is 1. The van der Waals surface area contributed by atoms with Crippen LogP contribution in [-0.2, 0) is 17.6 Å². The maximum Gasteiger partial charge on any atom is 0.414 e. The Morgan fingerprint density at radius 2 is 1.94 bits per heavy atom. The number of aryl methyl sites for hydroxylation is 1. The maximum atomic E-state index is 12.5. The van der Waals surface area contributed by atoms with Gasteiger partial charge in [0.2, 0.25) is 0 Å². The van der Waals surface area contributed by atoms with Crippen LogP contribution in [0, 0.1) is 5.41 Å². The van der Waals surface area contributed by atoms with Crippen LogP contribution in [0.1, 0.15) is 68.4 Å². The molecule has 32 heavy (non-hydrogen) atoms. The minimum atomic E-state index is -0.285. The van der Waals surface area contributed by atoms with Crippen molar-refractivity contribution in [3.05, 3.63) is 59.4 Å². The largest absolute Gasteiger partial charge is 0.452 e. The van der Waals surface area contributed by atoms with Crippen molar-refractivity contribution in [2.24, 2.45) is 5.41 Å². The number of anilines is 1. The molecular formula is C27H31N3O2. The summed E-state index contributed by atoms with van der Waals surface area (Å²) in [6.07, 6.45) is 9.16. The molecule has 2 aromatic carbocycles. The highest BCUT2D eigenvalue weighted by molar-refractivity contribution is 5.95. The molecule has 0 bridgehead atoms. The van der Waals surface area contributed by atoms with E-state index in [2.05, 4.69) is 54.0 Å². The van der Waals surface area contributed by atoms with E-state index in [1.165, 1.54) is 55.9 Å². The number of carbonyl (C=O) groups excluding carboxylic acids is 1. The summed E-state index contributed by atoms with van der Waals surface area (Å²) in [5.74, 6) is 1.15. The molecule has 1 unspecified atom stereocenters. The normalized spacial score (nSPS) is 21.8. The van der Waals surface area contributed by atoms with Crippen molar-refractivity contribution < 1.29 is 9.53 Å². The summed E-state index contributed by atoms with van der Waals surface area (Å²) in [5.41, 5.74) is 6.36. The van der Waals surface area contributed by atoms with E-state index >= 15 is 0 Å². The van der Waals surface area contributed by atoms with Crippen LogP contribution in [0.3, 0.4) is 0 Å². The summed E-state index contributed by atoms with van der Waals surface area (Å²) >= 11 is 0. The van der Waals surface area contributed by atoms with E-state index in [9.17, 15) is 4.79 Å². The summed E-state index contributed by atoms with van der Waals surface area (Å²) in [6, 6.07) is 15.6. The lowest BCUT2D eigenvalue weighted by Gasteiger charge is -2.54. The van der Waals surface area contributed by atoms with Gasteiger partial charge in [-0.15, -0.1) is 0 Å². The monoisotopic (exact) mass is 429 g/mol. The minimum Gasteiger partial charge on any atom is -0.452 e. The van der Waals surface area contributed by atoms with Gasteiger partial charge in [0, 0.05) is 24.1 Å². The zero-order valence-electron chi connectivity index (χ0n) is 19.0. The van der Waals surface area contributed by atoms with Crippen molar-refractivity contribution in [2.75, 3.05) is 12.0 Å². The van der Waals surface area contributed by atoms with Crippen LogP contribution in [0.4, 0.5) is 10.5 Å². The van der Waals surface area contributed by atoms with Gasteiger partial charge in [-0.3, -0.25) is 4.90 Å². The highest BCUT2D eigenvalue weighted by Crippen LogP contribution is 2.61. The van der Waals surface area contributed by atoms with E-state index in [4.69, 9.17) is 9.72 Å². The average molecular weight is 430 g/mol. The predicted molar refractivity (Wildman–Crippen MR) is 126 cm³/mol. The molecule has 0 saturated heterocycles. The zero-order chi connectivity index (χ0) is 21.9. The third-order valence-corrected chi connectivity index (χ3v) is 8.22. The number of imidazole rings is 1. The molecule has 3 aromatic rings. The Morgan fingerprint density at radius 1 is 1.16 bits per heavy atom. The molecule has 1 atom stereocenters. The molecule has 0 radical (unpaired) electrons. The maximum absolute atomic E-state index is 12.5. The molecule has 1 amide bonds. The molecule has 2 heterocycles. The van der Waals surface area contributed by atoms with Crippen molar-refractivity contribution in [3.63, 3.8) is 0 Å². The first-order valence-corrected chi connectivity index (χ1v) is 12.0. The second kappa shape index (κ2) is 7.36. The molecule has 0 N–H and O–H groups in total. The second-order valence-corrected chi connectivity index (χ2v) is 10.1. The van der Waals surface area contributed by atoms with Gasteiger partial charge in [0.1, 0.15) is 5.82 Å². The van der Waals surface area contributed by atoms with Crippen LogP contribution in [0.15, 0.2) is 42.5 Å². The van der Waals surface area contributed by atoms with Crippen LogP contribution in [0.25, 0.3) is 11.0 Å². The van der Waals surface area contributed by atoms with Crippen molar-refractivity contribution in [3.8, 4) is 0 Å². The number of hydrogen-bond acceptors (Lipinski definition) is 3. The Kier molecular flexibility index (Phi) is 4.56. The van der Waals surface area contributed by atoms with Gasteiger partial charge in [0.05, 0.1) is 23.8 Å². The number of nitrogens with zero attached hydrogens (tertiary/aromatic N) is 3. The van der Waals surface area contributed by atoms with E-state index < -0.39 is 0 Å². The van der Waals surface area contributed by atoms with Crippen molar-refractivity contribution in [1.82, 2.24) is 9.55 Å². The third kappa shape index (κ3) is 2.97. The number of benzene rings is 2. The number of hydrogen-bond donors (Lipinski definition) is 0. The molecule has 1 aliphatic heterocycles. The van der Waals surface area contributed by atoms with E-state index in [0.717, 1.165) is 36.3 Å². The molecule has 5 nitrogen and oxygen atoms in total. The van der Waals surface area contributed by atoms with Crippen LogP contribution in [0.2, 0.25) is 0 Å². The van der Waals surface area contributed by atoms with Crippen molar-refractivity contribution >= 4 is 22.8 Å². The number of rotatable bonds is 3. The topological polar surface area (TPSA) is 47.4 Å². The number of methoxy groups -OCH3 is 1. The predicted octanol–water partition coefficient (Wildman–Crippen LogP) is 6.04. The molecular weight excluding hydrogens is 398 g/mol. The quantitative estimate of drug-likeness (QED) is 0.510. The first-order valence-electron chi connectivity index (χ1n) is 12.0. The molecule has 5 heteroatoms. The first-order chi connectivity index (χ1) is 15.6. The molecule has 2 saturated carbocycles. The molecule has 1 aromatic heterocycles. The Hall–Kier alpha value is -2.82. The fraction of sp³-hybridized carbons (Fsp3) is 0.481. The highest BCUT2D eigenvalue weighted by Gasteiger charge is 2.49. The lowest BCUT2D eigenvalue weighted by molar-refractivity contribution is -0.0167. The standard InChI is InChI=1S/C27H31N3O2/c1-18-9-10-21-22(29(18)26(31)32-2)11-12-23-25(21)28-24(15-19-7-4-3-5-8-19)30(23)20-16-27(17-20)13-6-14-27/h3-5,7-8,11-12,18,20H,6,9-10,13-17H2,1-2H3. The zero-order valence-corrected chi connectivity index (χ0v) is 19.0. The summed E-state index contributed by atoms with van der Waals surface area (Å²) in [7, 11) is 1.46. The number of fused-ring (bicyclic) bond motifs is 3. The van der Waals surface area contributed by atoms with Crippen LogP contribution in [0.5, 0.6) is 0 Å². The third-order valence-electron chi connectivity index (χ3n) is 8.22. The van der Waals surface area contributed by atoms with Gasteiger partial charge in [0.25, 0.3) is 0 Å². The van der Waals surface area contributed by atoms with Gasteiger partial charge >= 0.3 is 6.09 Å². The Morgan fingerprint density at radius 3 is 2.62 bits per heavy atom. The minimum absolute atomic E-state index is 0.128. The smallest absolute Gasteiger partial charge is 0.414 e. The van der Waals surface area contributed by atoms with E-state index in [0.29, 0.717) is 11.5 Å². The Balaban J connectivity index is 1.47. The lowest BCUT2D eigenvalue weighted by atomic mass is 9.54. The second-order valence-electron chi connectivity index (χ2n) is 10.1.